The number of pyridine rings is 1. The molecule has 2 aliphatic heterocycles. The monoisotopic (exact) mass is 513 g/mol. The number of halogens is 3. The summed E-state index contributed by atoms with van der Waals surface area (Å²) in [4.78, 5) is 23.1. The molecule has 8 nitrogen and oxygen atoms in total. The number of aryl methyl sites for hydroxylation is 1. The normalized spacial score (nSPS) is 21.3. The first-order valence-electron chi connectivity index (χ1n) is 11.8. The van der Waals surface area contributed by atoms with E-state index in [9.17, 15) is 18.0 Å². The third-order valence-electron chi connectivity index (χ3n) is 6.17. The molecule has 1 N–H and O–H groups in total. The highest BCUT2D eigenvalue weighted by atomic mass is 32.1. The highest BCUT2D eigenvalue weighted by Crippen LogP contribution is 2.22. The van der Waals surface area contributed by atoms with E-state index in [1.807, 2.05) is 13.0 Å². The third-order valence-corrected chi connectivity index (χ3v) is 6.97. The number of nitrogens with zero attached hydrogens (tertiary/aromatic N) is 4. The molecule has 2 aliphatic rings. The molecule has 1 saturated heterocycles. The van der Waals surface area contributed by atoms with Gasteiger partial charge in [-0.2, -0.15) is 17.5 Å². The topological polar surface area (TPSA) is 89.5 Å². The second-order valence-electron chi connectivity index (χ2n) is 9.00. The van der Waals surface area contributed by atoms with Crippen LogP contribution in [0.1, 0.15) is 41.4 Å². The molecule has 2 aromatic heterocycles. The number of hydrogen-bond acceptors (Lipinski definition) is 8. The van der Waals surface area contributed by atoms with E-state index in [4.69, 9.17) is 9.47 Å². The summed E-state index contributed by atoms with van der Waals surface area (Å²) >= 11 is 1.25. The molecule has 0 unspecified atom stereocenters. The number of fused-ring (bicyclic) bond motifs is 1. The minimum atomic E-state index is -4.38. The lowest BCUT2D eigenvalue weighted by Crippen LogP contribution is -2.44. The van der Waals surface area contributed by atoms with Crippen molar-refractivity contribution in [2.75, 3.05) is 32.8 Å². The van der Waals surface area contributed by atoms with E-state index in [-0.39, 0.29) is 30.4 Å². The van der Waals surface area contributed by atoms with Crippen LogP contribution in [0.5, 0.6) is 5.88 Å². The van der Waals surface area contributed by atoms with Crippen molar-refractivity contribution < 1.29 is 27.4 Å². The maximum Gasteiger partial charge on any atom is 0.422 e. The van der Waals surface area contributed by atoms with Crippen molar-refractivity contribution in [3.63, 3.8) is 0 Å². The Balaban J connectivity index is 1.16. The van der Waals surface area contributed by atoms with E-state index < -0.39 is 12.8 Å². The van der Waals surface area contributed by atoms with Gasteiger partial charge in [0.05, 0.1) is 25.2 Å². The van der Waals surface area contributed by atoms with Gasteiger partial charge >= 0.3 is 6.18 Å². The second kappa shape index (κ2) is 11.6. The van der Waals surface area contributed by atoms with E-state index >= 15 is 0 Å². The zero-order chi connectivity index (χ0) is 24.8. The van der Waals surface area contributed by atoms with Gasteiger partial charge in [-0.05, 0) is 49.7 Å². The summed E-state index contributed by atoms with van der Waals surface area (Å²) in [5.41, 5.74) is 1.87. The van der Waals surface area contributed by atoms with E-state index in [1.165, 1.54) is 17.6 Å². The zero-order valence-corrected chi connectivity index (χ0v) is 20.5. The Morgan fingerprint density at radius 1 is 1.26 bits per heavy atom. The predicted octanol–water partition coefficient (Wildman–Crippen LogP) is 2.88. The van der Waals surface area contributed by atoms with Crippen LogP contribution in [0, 0.1) is 6.92 Å². The van der Waals surface area contributed by atoms with Gasteiger partial charge in [-0.15, -0.1) is 0 Å². The Labute approximate surface area is 206 Å². The van der Waals surface area contributed by atoms with Gasteiger partial charge in [0.15, 0.2) is 6.61 Å². The molecular weight excluding hydrogens is 483 g/mol. The van der Waals surface area contributed by atoms with Gasteiger partial charge in [-0.1, -0.05) is 6.07 Å². The summed E-state index contributed by atoms with van der Waals surface area (Å²) in [6.07, 6.45) is 0.153. The maximum atomic E-state index is 12.4. The minimum Gasteiger partial charge on any atom is -0.468 e. The zero-order valence-electron chi connectivity index (χ0n) is 19.6. The number of carbonyl (C=O) groups is 1. The molecule has 2 atom stereocenters. The Morgan fingerprint density at radius 3 is 2.80 bits per heavy atom. The molecule has 192 valence electrons. The molecule has 0 bridgehead atoms. The number of hydrogen-bond donors (Lipinski definition) is 1. The summed E-state index contributed by atoms with van der Waals surface area (Å²) in [6.45, 7) is 3.51. The van der Waals surface area contributed by atoms with Crippen LogP contribution in [-0.4, -0.2) is 76.3 Å². The number of alkyl halides is 3. The van der Waals surface area contributed by atoms with Gasteiger partial charge in [-0.25, -0.2) is 9.97 Å². The Hall–Kier alpha value is -2.31. The largest absolute Gasteiger partial charge is 0.468 e. The standard InChI is InChI=1S/C23H30F3N5O3S/c1-15-27-22(35-30-15)12-20(32)28-17-3-4-18(33-13-17)7-10-31-9-6-16-2-5-21(29-19(16)8-11-31)34-14-23(24,25)26/h2,5,17-18H,3-4,6-14H2,1H3,(H,28,32)/t17-,18+/m0/s1. The quantitative estimate of drug-likeness (QED) is 0.581. The van der Waals surface area contributed by atoms with Gasteiger partial charge in [-0.3, -0.25) is 4.79 Å². The summed E-state index contributed by atoms with van der Waals surface area (Å²) < 4.78 is 52.1. The van der Waals surface area contributed by atoms with Crippen LogP contribution < -0.4 is 10.1 Å². The highest BCUT2D eigenvalue weighted by Gasteiger charge is 2.29. The van der Waals surface area contributed by atoms with Gasteiger partial charge in [0.1, 0.15) is 10.8 Å². The summed E-state index contributed by atoms with van der Waals surface area (Å²) in [7, 11) is 0. The predicted molar refractivity (Wildman–Crippen MR) is 124 cm³/mol. The molecule has 1 fully saturated rings. The van der Waals surface area contributed by atoms with Crippen LogP contribution in [0.15, 0.2) is 12.1 Å². The summed E-state index contributed by atoms with van der Waals surface area (Å²) in [5.74, 6) is 0.647. The number of nitrogens with one attached hydrogen (secondary N) is 1. The van der Waals surface area contributed by atoms with Crippen molar-refractivity contribution in [1.82, 2.24) is 24.6 Å². The molecule has 0 aromatic carbocycles. The molecule has 35 heavy (non-hydrogen) atoms. The van der Waals surface area contributed by atoms with Crippen LogP contribution in [0.25, 0.3) is 0 Å². The average Bonchev–Trinajstić information content (AvgIpc) is 3.10. The van der Waals surface area contributed by atoms with Crippen LogP contribution >= 0.6 is 11.5 Å². The van der Waals surface area contributed by atoms with Crippen molar-refractivity contribution in [2.24, 2.45) is 0 Å². The highest BCUT2D eigenvalue weighted by molar-refractivity contribution is 7.05. The van der Waals surface area contributed by atoms with Crippen LogP contribution in [-0.2, 0) is 28.8 Å². The molecule has 12 heteroatoms. The van der Waals surface area contributed by atoms with Crippen molar-refractivity contribution >= 4 is 17.4 Å². The second-order valence-corrected chi connectivity index (χ2v) is 9.84. The van der Waals surface area contributed by atoms with E-state index in [2.05, 4.69) is 24.6 Å². The van der Waals surface area contributed by atoms with E-state index in [0.29, 0.717) is 18.9 Å². The fourth-order valence-electron chi connectivity index (χ4n) is 4.37. The van der Waals surface area contributed by atoms with Gasteiger partial charge in [0.25, 0.3) is 0 Å². The molecule has 0 radical (unpaired) electrons. The van der Waals surface area contributed by atoms with Crippen LogP contribution in [0.2, 0.25) is 0 Å². The molecule has 4 rings (SSSR count). The number of aromatic nitrogens is 3. The van der Waals surface area contributed by atoms with Crippen molar-refractivity contribution in [3.8, 4) is 5.88 Å². The lowest BCUT2D eigenvalue weighted by Gasteiger charge is -2.31. The number of rotatable bonds is 8. The average molecular weight is 514 g/mol. The first kappa shape index (κ1) is 25.8. The summed E-state index contributed by atoms with van der Waals surface area (Å²) in [6, 6.07) is 3.35. The first-order valence-corrected chi connectivity index (χ1v) is 12.6. The van der Waals surface area contributed by atoms with Gasteiger partial charge < -0.3 is 19.7 Å². The van der Waals surface area contributed by atoms with Crippen molar-refractivity contribution in [1.29, 1.82) is 0 Å². The van der Waals surface area contributed by atoms with Gasteiger partial charge in [0.2, 0.25) is 11.8 Å². The number of ether oxygens (including phenoxy) is 2. The molecule has 0 aliphatic carbocycles. The Kier molecular flexibility index (Phi) is 8.55. The lowest BCUT2D eigenvalue weighted by molar-refractivity contribution is -0.154. The van der Waals surface area contributed by atoms with Crippen LogP contribution in [0.3, 0.4) is 0 Å². The molecule has 4 heterocycles. The minimum absolute atomic E-state index is 0.0142. The molecule has 0 saturated carbocycles. The Bertz CT molecular complexity index is 995. The summed E-state index contributed by atoms with van der Waals surface area (Å²) in [5, 5.41) is 3.74. The Morgan fingerprint density at radius 2 is 2.09 bits per heavy atom. The fraction of sp³-hybridized carbons (Fsp3) is 0.652. The lowest BCUT2D eigenvalue weighted by atomic mass is 10.0. The SMILES string of the molecule is Cc1nsc(CC(=O)N[C@H]2CC[C@H](CCN3CCc4ccc(OCC(F)(F)F)nc4CC3)OC2)n1. The fourth-order valence-corrected chi connectivity index (χ4v) is 5.02. The van der Waals surface area contributed by atoms with E-state index in [0.717, 1.165) is 61.6 Å². The van der Waals surface area contributed by atoms with E-state index in [1.54, 1.807) is 0 Å². The number of carbonyl (C=O) groups excluding carboxylic acids is 1. The molecular formula is C23H30F3N5O3S. The number of amides is 1. The van der Waals surface area contributed by atoms with Crippen molar-refractivity contribution in [3.05, 3.63) is 34.2 Å². The van der Waals surface area contributed by atoms with Crippen molar-refractivity contribution in [2.45, 2.75) is 63.8 Å². The van der Waals surface area contributed by atoms with Crippen LogP contribution in [0.4, 0.5) is 13.2 Å². The molecule has 0 spiro atoms. The third kappa shape index (κ3) is 8.11. The molecule has 2 aromatic rings. The first-order chi connectivity index (χ1) is 16.7. The smallest absolute Gasteiger partial charge is 0.422 e. The van der Waals surface area contributed by atoms with Gasteiger partial charge in [0, 0.05) is 37.8 Å². The maximum absolute atomic E-state index is 12.4. The molecule has 1 amide bonds.